The monoisotopic (exact) mass is 225 g/mol. The summed E-state index contributed by atoms with van der Waals surface area (Å²) in [7, 11) is 1.75. The van der Waals surface area contributed by atoms with Crippen LogP contribution in [0.5, 0.6) is 0 Å². The SMILES string of the molecule is COC1CCC(NCC(O)c2ccco2)C1. The summed E-state index contributed by atoms with van der Waals surface area (Å²) in [6, 6.07) is 4.03. The van der Waals surface area contributed by atoms with Crippen LogP contribution in [0, 0.1) is 0 Å². The van der Waals surface area contributed by atoms with E-state index in [0.717, 1.165) is 19.3 Å². The van der Waals surface area contributed by atoms with E-state index in [1.807, 2.05) is 0 Å². The van der Waals surface area contributed by atoms with Crippen LogP contribution >= 0.6 is 0 Å². The molecule has 1 aliphatic rings. The van der Waals surface area contributed by atoms with Gasteiger partial charge in [-0.3, -0.25) is 0 Å². The highest BCUT2D eigenvalue weighted by molar-refractivity contribution is 5.02. The molecule has 2 N–H and O–H groups in total. The molecule has 2 rings (SSSR count). The van der Waals surface area contributed by atoms with Gasteiger partial charge in [0.05, 0.1) is 12.4 Å². The summed E-state index contributed by atoms with van der Waals surface area (Å²) < 4.78 is 10.4. The van der Waals surface area contributed by atoms with Gasteiger partial charge in [0.1, 0.15) is 11.9 Å². The van der Waals surface area contributed by atoms with Crippen LogP contribution in [0.4, 0.5) is 0 Å². The first-order valence-corrected chi connectivity index (χ1v) is 5.77. The topological polar surface area (TPSA) is 54.6 Å². The third kappa shape index (κ3) is 2.84. The van der Waals surface area contributed by atoms with Crippen LogP contribution in [0.1, 0.15) is 31.1 Å². The van der Waals surface area contributed by atoms with Gasteiger partial charge in [0.15, 0.2) is 0 Å². The van der Waals surface area contributed by atoms with Crippen LogP contribution in [0.25, 0.3) is 0 Å². The van der Waals surface area contributed by atoms with Crippen LogP contribution in [0.2, 0.25) is 0 Å². The molecule has 1 saturated carbocycles. The summed E-state index contributed by atoms with van der Waals surface area (Å²) in [5, 5.41) is 13.1. The molecule has 4 nitrogen and oxygen atoms in total. The Morgan fingerprint density at radius 1 is 1.62 bits per heavy atom. The highest BCUT2D eigenvalue weighted by Gasteiger charge is 2.24. The molecule has 1 aromatic rings. The molecular weight excluding hydrogens is 206 g/mol. The number of aliphatic hydroxyl groups excluding tert-OH is 1. The molecule has 0 saturated heterocycles. The number of furan rings is 1. The molecule has 16 heavy (non-hydrogen) atoms. The lowest BCUT2D eigenvalue weighted by Crippen LogP contribution is -2.31. The molecule has 1 heterocycles. The van der Waals surface area contributed by atoms with E-state index in [4.69, 9.17) is 9.15 Å². The maximum atomic E-state index is 9.81. The molecule has 0 radical (unpaired) electrons. The number of rotatable bonds is 5. The minimum atomic E-state index is -0.559. The van der Waals surface area contributed by atoms with Crippen molar-refractivity contribution in [2.45, 2.75) is 37.5 Å². The molecule has 90 valence electrons. The maximum Gasteiger partial charge on any atom is 0.133 e. The number of methoxy groups -OCH3 is 1. The first-order valence-electron chi connectivity index (χ1n) is 5.77. The minimum absolute atomic E-state index is 0.373. The average Bonchev–Trinajstić information content (AvgIpc) is 2.96. The van der Waals surface area contributed by atoms with Crippen molar-refractivity contribution in [2.75, 3.05) is 13.7 Å². The largest absolute Gasteiger partial charge is 0.467 e. The van der Waals surface area contributed by atoms with E-state index in [1.165, 1.54) is 0 Å². The van der Waals surface area contributed by atoms with E-state index in [2.05, 4.69) is 5.32 Å². The second-order valence-electron chi connectivity index (χ2n) is 4.31. The van der Waals surface area contributed by atoms with Gasteiger partial charge in [0.25, 0.3) is 0 Å². The summed E-state index contributed by atoms with van der Waals surface area (Å²) in [6.07, 6.45) is 4.64. The summed E-state index contributed by atoms with van der Waals surface area (Å²) >= 11 is 0. The fraction of sp³-hybridized carbons (Fsp3) is 0.667. The van der Waals surface area contributed by atoms with Gasteiger partial charge < -0.3 is 19.6 Å². The van der Waals surface area contributed by atoms with Crippen molar-refractivity contribution in [1.29, 1.82) is 0 Å². The Labute approximate surface area is 95.6 Å². The van der Waals surface area contributed by atoms with Crippen LogP contribution in [0.15, 0.2) is 22.8 Å². The number of nitrogens with one attached hydrogen (secondary N) is 1. The Bertz CT molecular complexity index is 299. The second-order valence-corrected chi connectivity index (χ2v) is 4.31. The van der Waals surface area contributed by atoms with Gasteiger partial charge >= 0.3 is 0 Å². The molecule has 0 aliphatic heterocycles. The van der Waals surface area contributed by atoms with Gasteiger partial charge in [0.2, 0.25) is 0 Å². The summed E-state index contributed by atoms with van der Waals surface area (Å²) in [4.78, 5) is 0. The molecule has 1 fully saturated rings. The first-order chi connectivity index (χ1) is 7.79. The Kier molecular flexibility index (Phi) is 3.98. The van der Waals surface area contributed by atoms with Crippen LogP contribution in [-0.2, 0) is 4.74 Å². The molecule has 0 amide bonds. The Balaban J connectivity index is 1.72. The average molecular weight is 225 g/mol. The molecule has 3 unspecified atom stereocenters. The number of ether oxygens (including phenoxy) is 1. The quantitative estimate of drug-likeness (QED) is 0.796. The van der Waals surface area contributed by atoms with E-state index >= 15 is 0 Å². The van der Waals surface area contributed by atoms with E-state index in [9.17, 15) is 5.11 Å². The molecule has 0 spiro atoms. The van der Waals surface area contributed by atoms with Gasteiger partial charge in [-0.15, -0.1) is 0 Å². The van der Waals surface area contributed by atoms with Gasteiger partial charge in [-0.25, -0.2) is 0 Å². The predicted octanol–water partition coefficient (Wildman–Crippen LogP) is 1.47. The molecule has 0 bridgehead atoms. The fourth-order valence-electron chi connectivity index (χ4n) is 2.20. The number of hydrogen-bond donors (Lipinski definition) is 2. The van der Waals surface area contributed by atoms with E-state index in [1.54, 1.807) is 25.5 Å². The molecule has 1 aromatic heterocycles. The van der Waals surface area contributed by atoms with Gasteiger partial charge in [-0.1, -0.05) is 0 Å². The zero-order valence-electron chi connectivity index (χ0n) is 9.56. The zero-order valence-corrected chi connectivity index (χ0v) is 9.56. The minimum Gasteiger partial charge on any atom is -0.467 e. The highest BCUT2D eigenvalue weighted by Crippen LogP contribution is 2.22. The lowest BCUT2D eigenvalue weighted by Gasteiger charge is -2.15. The molecular formula is C12H19NO3. The lowest BCUT2D eigenvalue weighted by atomic mass is 10.2. The van der Waals surface area contributed by atoms with Crippen LogP contribution in [-0.4, -0.2) is 30.9 Å². The van der Waals surface area contributed by atoms with Gasteiger partial charge in [-0.2, -0.15) is 0 Å². The summed E-state index contributed by atoms with van der Waals surface area (Å²) in [5.41, 5.74) is 0. The number of aliphatic hydroxyl groups is 1. The normalized spacial score (nSPS) is 27.1. The molecule has 3 atom stereocenters. The lowest BCUT2D eigenvalue weighted by molar-refractivity contribution is 0.105. The van der Waals surface area contributed by atoms with Crippen LogP contribution in [0.3, 0.4) is 0 Å². The summed E-state index contributed by atoms with van der Waals surface area (Å²) in [6.45, 7) is 0.536. The van der Waals surface area contributed by atoms with Crippen molar-refractivity contribution in [1.82, 2.24) is 5.32 Å². The second kappa shape index (κ2) is 5.48. The van der Waals surface area contributed by atoms with Crippen molar-refractivity contribution < 1.29 is 14.3 Å². The standard InChI is InChI=1S/C12H19NO3/c1-15-10-5-4-9(7-10)13-8-11(14)12-3-2-6-16-12/h2-3,6,9-11,13-14H,4-5,7-8H2,1H3. The van der Waals surface area contributed by atoms with Gasteiger partial charge in [-0.05, 0) is 31.4 Å². The van der Waals surface area contributed by atoms with E-state index < -0.39 is 6.10 Å². The highest BCUT2D eigenvalue weighted by atomic mass is 16.5. The van der Waals surface area contributed by atoms with Crippen molar-refractivity contribution in [2.24, 2.45) is 0 Å². The Morgan fingerprint density at radius 2 is 2.50 bits per heavy atom. The van der Waals surface area contributed by atoms with E-state index in [0.29, 0.717) is 24.5 Å². The number of hydrogen-bond acceptors (Lipinski definition) is 4. The fourth-order valence-corrected chi connectivity index (χ4v) is 2.20. The van der Waals surface area contributed by atoms with Crippen molar-refractivity contribution in [3.05, 3.63) is 24.2 Å². The first kappa shape index (κ1) is 11.6. The Hall–Kier alpha value is -0.840. The van der Waals surface area contributed by atoms with Crippen molar-refractivity contribution >= 4 is 0 Å². The molecule has 1 aliphatic carbocycles. The zero-order chi connectivity index (χ0) is 11.4. The van der Waals surface area contributed by atoms with Gasteiger partial charge in [0, 0.05) is 19.7 Å². The van der Waals surface area contributed by atoms with Crippen LogP contribution < -0.4 is 5.32 Å². The third-order valence-corrected chi connectivity index (χ3v) is 3.19. The van der Waals surface area contributed by atoms with E-state index in [-0.39, 0.29) is 0 Å². The summed E-state index contributed by atoms with van der Waals surface area (Å²) in [5.74, 6) is 0.619. The smallest absolute Gasteiger partial charge is 0.133 e. The predicted molar refractivity (Wildman–Crippen MR) is 60.1 cm³/mol. The Morgan fingerprint density at radius 3 is 3.12 bits per heavy atom. The van der Waals surface area contributed by atoms with Crippen molar-refractivity contribution in [3.8, 4) is 0 Å². The molecule has 0 aromatic carbocycles. The third-order valence-electron chi connectivity index (χ3n) is 3.19. The maximum absolute atomic E-state index is 9.81. The molecule has 4 heteroatoms. The van der Waals surface area contributed by atoms with Crippen molar-refractivity contribution in [3.63, 3.8) is 0 Å².